The Hall–Kier alpha value is -2.53. The van der Waals surface area contributed by atoms with E-state index in [-0.39, 0.29) is 5.91 Å². The zero-order valence-corrected chi connectivity index (χ0v) is 13.8. The SMILES string of the molecule is COc1ccccc1N[C@H](C(=O)N1CCOCC1)c1ccccc1. The summed E-state index contributed by atoms with van der Waals surface area (Å²) in [6, 6.07) is 16.9. The van der Waals surface area contributed by atoms with Crippen LogP contribution in [0.5, 0.6) is 5.75 Å². The Kier molecular flexibility index (Phi) is 5.33. The molecule has 0 aliphatic carbocycles. The van der Waals surface area contributed by atoms with Crippen LogP contribution in [0.1, 0.15) is 11.6 Å². The molecule has 1 atom stereocenters. The second-order valence-electron chi connectivity index (χ2n) is 5.63. The van der Waals surface area contributed by atoms with Crippen molar-refractivity contribution in [2.75, 3.05) is 38.7 Å². The van der Waals surface area contributed by atoms with Gasteiger partial charge in [-0.3, -0.25) is 4.79 Å². The average molecular weight is 326 g/mol. The van der Waals surface area contributed by atoms with E-state index >= 15 is 0 Å². The average Bonchev–Trinajstić information content (AvgIpc) is 2.67. The lowest BCUT2D eigenvalue weighted by Crippen LogP contribution is -2.44. The lowest BCUT2D eigenvalue weighted by Gasteiger charge is -2.31. The third kappa shape index (κ3) is 3.68. The van der Waals surface area contributed by atoms with E-state index in [1.807, 2.05) is 59.5 Å². The fraction of sp³-hybridized carbons (Fsp3) is 0.316. The number of nitrogens with one attached hydrogen (secondary N) is 1. The lowest BCUT2D eigenvalue weighted by atomic mass is 10.0. The topological polar surface area (TPSA) is 50.8 Å². The summed E-state index contributed by atoms with van der Waals surface area (Å²) in [6.45, 7) is 2.41. The van der Waals surface area contributed by atoms with Crippen molar-refractivity contribution in [1.82, 2.24) is 4.90 Å². The summed E-state index contributed by atoms with van der Waals surface area (Å²) in [4.78, 5) is 14.9. The quantitative estimate of drug-likeness (QED) is 0.918. The molecule has 1 amide bonds. The van der Waals surface area contributed by atoms with Crippen LogP contribution < -0.4 is 10.1 Å². The number of methoxy groups -OCH3 is 1. The Bertz CT molecular complexity index is 669. The van der Waals surface area contributed by atoms with Crippen molar-refractivity contribution in [1.29, 1.82) is 0 Å². The first kappa shape index (κ1) is 16.3. The second-order valence-corrected chi connectivity index (χ2v) is 5.63. The second kappa shape index (κ2) is 7.84. The van der Waals surface area contributed by atoms with Gasteiger partial charge in [0, 0.05) is 13.1 Å². The molecule has 2 aromatic rings. The number of amides is 1. The predicted octanol–water partition coefficient (Wildman–Crippen LogP) is 2.71. The number of ether oxygens (including phenoxy) is 2. The van der Waals surface area contributed by atoms with Gasteiger partial charge in [-0.2, -0.15) is 0 Å². The molecule has 0 unspecified atom stereocenters. The number of hydrogen-bond acceptors (Lipinski definition) is 4. The molecule has 5 heteroatoms. The molecule has 1 aliphatic heterocycles. The van der Waals surface area contributed by atoms with Crippen LogP contribution in [-0.2, 0) is 9.53 Å². The van der Waals surface area contributed by atoms with Gasteiger partial charge in [0.2, 0.25) is 5.91 Å². The van der Waals surface area contributed by atoms with Crippen molar-refractivity contribution in [3.8, 4) is 5.75 Å². The van der Waals surface area contributed by atoms with Crippen LogP contribution in [0.25, 0.3) is 0 Å². The minimum Gasteiger partial charge on any atom is -0.495 e. The Morgan fingerprint density at radius 1 is 1.08 bits per heavy atom. The first-order chi connectivity index (χ1) is 11.8. The number of anilines is 1. The maximum Gasteiger partial charge on any atom is 0.249 e. The van der Waals surface area contributed by atoms with Crippen molar-refractivity contribution in [2.24, 2.45) is 0 Å². The Morgan fingerprint density at radius 2 is 1.75 bits per heavy atom. The summed E-state index contributed by atoms with van der Waals surface area (Å²) in [5, 5.41) is 3.35. The van der Waals surface area contributed by atoms with Crippen LogP contribution in [0.15, 0.2) is 54.6 Å². The van der Waals surface area contributed by atoms with Crippen molar-refractivity contribution >= 4 is 11.6 Å². The molecule has 0 bridgehead atoms. The monoisotopic (exact) mass is 326 g/mol. The van der Waals surface area contributed by atoms with Crippen LogP contribution in [0, 0.1) is 0 Å². The normalized spacial score (nSPS) is 15.6. The molecule has 0 spiro atoms. The third-order valence-corrected chi connectivity index (χ3v) is 4.11. The minimum atomic E-state index is -0.458. The van der Waals surface area contributed by atoms with Crippen LogP contribution in [0.2, 0.25) is 0 Å². The smallest absolute Gasteiger partial charge is 0.249 e. The highest BCUT2D eigenvalue weighted by molar-refractivity contribution is 5.86. The number of carbonyl (C=O) groups excluding carboxylic acids is 1. The molecule has 0 aromatic heterocycles. The number of para-hydroxylation sites is 2. The molecule has 3 rings (SSSR count). The fourth-order valence-electron chi connectivity index (χ4n) is 2.82. The van der Waals surface area contributed by atoms with E-state index in [2.05, 4.69) is 5.32 Å². The van der Waals surface area contributed by atoms with E-state index in [1.54, 1.807) is 7.11 Å². The van der Waals surface area contributed by atoms with Gasteiger partial charge in [0.1, 0.15) is 11.8 Å². The van der Waals surface area contributed by atoms with E-state index in [9.17, 15) is 4.79 Å². The molecular weight excluding hydrogens is 304 g/mol. The predicted molar refractivity (Wildman–Crippen MR) is 93.2 cm³/mol. The molecule has 1 heterocycles. The van der Waals surface area contributed by atoms with Crippen molar-refractivity contribution in [3.63, 3.8) is 0 Å². The van der Waals surface area contributed by atoms with Crippen LogP contribution in [0.4, 0.5) is 5.69 Å². The fourth-order valence-corrected chi connectivity index (χ4v) is 2.82. The summed E-state index contributed by atoms with van der Waals surface area (Å²) in [5.41, 5.74) is 1.73. The number of nitrogens with zero attached hydrogens (tertiary/aromatic N) is 1. The summed E-state index contributed by atoms with van der Waals surface area (Å²) >= 11 is 0. The number of benzene rings is 2. The molecule has 2 aromatic carbocycles. The van der Waals surface area contributed by atoms with Crippen LogP contribution in [-0.4, -0.2) is 44.2 Å². The Labute approximate surface area is 142 Å². The Balaban J connectivity index is 1.89. The van der Waals surface area contributed by atoms with Gasteiger partial charge < -0.3 is 19.7 Å². The maximum absolute atomic E-state index is 13.1. The number of carbonyl (C=O) groups is 1. The van der Waals surface area contributed by atoms with E-state index in [4.69, 9.17) is 9.47 Å². The molecule has 24 heavy (non-hydrogen) atoms. The lowest BCUT2D eigenvalue weighted by molar-refractivity contribution is -0.136. The number of morpholine rings is 1. The van der Waals surface area contributed by atoms with Gasteiger partial charge in [0.15, 0.2) is 0 Å². The standard InChI is InChI=1S/C19H22N2O3/c1-23-17-10-6-5-9-16(17)20-18(15-7-3-2-4-8-15)19(22)21-11-13-24-14-12-21/h2-10,18,20H,11-14H2,1H3/t18-/m0/s1. The van der Waals surface area contributed by atoms with Crippen molar-refractivity contribution < 1.29 is 14.3 Å². The van der Waals surface area contributed by atoms with E-state index in [1.165, 1.54) is 0 Å². The largest absolute Gasteiger partial charge is 0.495 e. The zero-order valence-electron chi connectivity index (χ0n) is 13.8. The number of rotatable bonds is 5. The molecule has 1 N–H and O–H groups in total. The van der Waals surface area contributed by atoms with Gasteiger partial charge in [0.05, 0.1) is 26.0 Å². The van der Waals surface area contributed by atoms with Gasteiger partial charge in [-0.1, -0.05) is 42.5 Å². The molecule has 1 aliphatic rings. The molecule has 1 saturated heterocycles. The molecule has 0 radical (unpaired) electrons. The highest BCUT2D eigenvalue weighted by Crippen LogP contribution is 2.29. The molecule has 5 nitrogen and oxygen atoms in total. The van der Waals surface area contributed by atoms with E-state index in [0.717, 1.165) is 11.3 Å². The highest BCUT2D eigenvalue weighted by Gasteiger charge is 2.27. The van der Waals surface area contributed by atoms with E-state index < -0.39 is 6.04 Å². The molecular formula is C19H22N2O3. The molecule has 1 fully saturated rings. The van der Waals surface area contributed by atoms with Crippen molar-refractivity contribution in [3.05, 3.63) is 60.2 Å². The third-order valence-electron chi connectivity index (χ3n) is 4.11. The van der Waals surface area contributed by atoms with Crippen LogP contribution >= 0.6 is 0 Å². The zero-order chi connectivity index (χ0) is 16.8. The first-order valence-corrected chi connectivity index (χ1v) is 8.10. The number of hydrogen-bond donors (Lipinski definition) is 1. The molecule has 126 valence electrons. The van der Waals surface area contributed by atoms with Gasteiger partial charge in [0.25, 0.3) is 0 Å². The summed E-state index contributed by atoms with van der Waals surface area (Å²) < 4.78 is 10.8. The first-order valence-electron chi connectivity index (χ1n) is 8.10. The summed E-state index contributed by atoms with van der Waals surface area (Å²) in [6.07, 6.45) is 0. The van der Waals surface area contributed by atoms with Crippen molar-refractivity contribution in [2.45, 2.75) is 6.04 Å². The molecule has 0 saturated carbocycles. The van der Waals surface area contributed by atoms with Gasteiger partial charge >= 0.3 is 0 Å². The van der Waals surface area contributed by atoms with Gasteiger partial charge in [-0.15, -0.1) is 0 Å². The van der Waals surface area contributed by atoms with Crippen LogP contribution in [0.3, 0.4) is 0 Å². The highest BCUT2D eigenvalue weighted by atomic mass is 16.5. The van der Waals surface area contributed by atoms with Gasteiger partial charge in [-0.05, 0) is 17.7 Å². The van der Waals surface area contributed by atoms with E-state index in [0.29, 0.717) is 32.1 Å². The minimum absolute atomic E-state index is 0.0513. The summed E-state index contributed by atoms with van der Waals surface area (Å²) in [7, 11) is 1.63. The van der Waals surface area contributed by atoms with Gasteiger partial charge in [-0.25, -0.2) is 0 Å². The Morgan fingerprint density at radius 3 is 2.46 bits per heavy atom. The summed E-state index contributed by atoms with van der Waals surface area (Å²) in [5.74, 6) is 0.767. The maximum atomic E-state index is 13.1.